The molecule has 1 aliphatic carbocycles. The maximum atomic E-state index is 6.14. The summed E-state index contributed by atoms with van der Waals surface area (Å²) in [4.78, 5) is 4.05. The third-order valence-electron chi connectivity index (χ3n) is 2.78. The lowest BCUT2D eigenvalue weighted by molar-refractivity contribution is 0.0588. The Morgan fingerprint density at radius 2 is 2.20 bits per heavy atom. The summed E-state index contributed by atoms with van der Waals surface area (Å²) >= 11 is 0. The van der Waals surface area contributed by atoms with Crippen molar-refractivity contribution in [1.82, 2.24) is 10.1 Å². The van der Waals surface area contributed by atoms with Crippen LogP contribution < -0.4 is 5.73 Å². The van der Waals surface area contributed by atoms with Crippen LogP contribution >= 0.6 is 0 Å². The largest absolute Gasteiger partial charge is 0.370 e. The van der Waals surface area contributed by atoms with Crippen LogP contribution in [0.3, 0.4) is 0 Å². The van der Waals surface area contributed by atoms with Crippen LogP contribution in [-0.4, -0.2) is 22.3 Å². The molecule has 0 aliphatic heterocycles. The summed E-state index contributed by atoms with van der Waals surface area (Å²) in [7, 11) is 0. The van der Waals surface area contributed by atoms with E-state index in [1.54, 1.807) is 6.92 Å². The van der Waals surface area contributed by atoms with Gasteiger partial charge in [-0.15, -0.1) is 0 Å². The third kappa shape index (κ3) is 2.76. The molecule has 0 spiro atoms. The molecule has 1 fully saturated rings. The summed E-state index contributed by atoms with van der Waals surface area (Å²) in [6.45, 7) is 2.72. The summed E-state index contributed by atoms with van der Waals surface area (Å²) < 4.78 is 10.4. The fourth-order valence-corrected chi connectivity index (χ4v) is 1.96. The van der Waals surface area contributed by atoms with E-state index >= 15 is 0 Å². The van der Waals surface area contributed by atoms with E-state index in [4.69, 9.17) is 15.0 Å². The molecule has 1 saturated carbocycles. The standard InChI is InChI=1S/C10H17N3O2/c1-8-12-9(15-13-8)6-14-7-10(11)4-2-3-5-10/h2-7,11H2,1H3. The van der Waals surface area contributed by atoms with Gasteiger partial charge >= 0.3 is 0 Å². The van der Waals surface area contributed by atoms with Crippen LogP contribution in [0, 0.1) is 6.92 Å². The second-order valence-corrected chi connectivity index (χ2v) is 4.30. The van der Waals surface area contributed by atoms with E-state index in [1.165, 1.54) is 12.8 Å². The first kappa shape index (κ1) is 10.6. The maximum absolute atomic E-state index is 6.14. The van der Waals surface area contributed by atoms with Crippen LogP contribution in [0.25, 0.3) is 0 Å². The fraction of sp³-hybridized carbons (Fsp3) is 0.800. The van der Waals surface area contributed by atoms with Crippen LogP contribution in [0.4, 0.5) is 0 Å². The monoisotopic (exact) mass is 211 g/mol. The molecule has 2 rings (SSSR count). The number of nitrogens with zero attached hydrogens (tertiary/aromatic N) is 2. The summed E-state index contributed by atoms with van der Waals surface area (Å²) in [5.41, 5.74) is 6.01. The average molecular weight is 211 g/mol. The number of rotatable bonds is 4. The Bertz CT molecular complexity index is 318. The van der Waals surface area contributed by atoms with Crippen molar-refractivity contribution < 1.29 is 9.26 Å². The second-order valence-electron chi connectivity index (χ2n) is 4.30. The van der Waals surface area contributed by atoms with Gasteiger partial charge < -0.3 is 15.0 Å². The van der Waals surface area contributed by atoms with Gasteiger partial charge in [-0.3, -0.25) is 0 Å². The molecule has 0 bridgehead atoms. The van der Waals surface area contributed by atoms with Crippen molar-refractivity contribution in [2.75, 3.05) is 6.61 Å². The Morgan fingerprint density at radius 3 is 2.80 bits per heavy atom. The number of hydrogen-bond acceptors (Lipinski definition) is 5. The molecule has 1 heterocycles. The predicted octanol–water partition coefficient (Wildman–Crippen LogP) is 1.17. The van der Waals surface area contributed by atoms with Crippen molar-refractivity contribution in [2.24, 2.45) is 5.73 Å². The highest BCUT2D eigenvalue weighted by molar-refractivity contribution is 4.89. The Labute approximate surface area is 89.0 Å². The lowest BCUT2D eigenvalue weighted by Crippen LogP contribution is -2.41. The molecule has 0 amide bonds. The molecule has 15 heavy (non-hydrogen) atoms. The maximum Gasteiger partial charge on any atom is 0.252 e. The molecule has 1 aromatic heterocycles. The zero-order valence-electron chi connectivity index (χ0n) is 9.03. The number of hydrogen-bond donors (Lipinski definition) is 1. The first-order valence-corrected chi connectivity index (χ1v) is 5.34. The van der Waals surface area contributed by atoms with E-state index in [0.717, 1.165) is 12.8 Å². The van der Waals surface area contributed by atoms with E-state index in [0.29, 0.717) is 24.9 Å². The highest BCUT2D eigenvalue weighted by atomic mass is 16.5. The van der Waals surface area contributed by atoms with Gasteiger partial charge in [0, 0.05) is 5.54 Å². The van der Waals surface area contributed by atoms with Gasteiger partial charge in [0.2, 0.25) is 0 Å². The van der Waals surface area contributed by atoms with Crippen molar-refractivity contribution in [3.63, 3.8) is 0 Å². The minimum Gasteiger partial charge on any atom is -0.370 e. The van der Waals surface area contributed by atoms with Gasteiger partial charge in [0.1, 0.15) is 6.61 Å². The topological polar surface area (TPSA) is 74.2 Å². The first-order chi connectivity index (χ1) is 7.18. The van der Waals surface area contributed by atoms with Gasteiger partial charge in [-0.1, -0.05) is 18.0 Å². The number of aryl methyl sites for hydroxylation is 1. The van der Waals surface area contributed by atoms with Gasteiger partial charge in [-0.05, 0) is 19.8 Å². The van der Waals surface area contributed by atoms with Crippen LogP contribution in [0.5, 0.6) is 0 Å². The molecular weight excluding hydrogens is 194 g/mol. The minimum atomic E-state index is -0.130. The van der Waals surface area contributed by atoms with E-state index in [2.05, 4.69) is 10.1 Å². The Kier molecular flexibility index (Phi) is 3.02. The van der Waals surface area contributed by atoms with Crippen LogP contribution in [-0.2, 0) is 11.3 Å². The summed E-state index contributed by atoms with van der Waals surface area (Å²) in [6.07, 6.45) is 4.52. The highest BCUT2D eigenvalue weighted by Gasteiger charge is 2.29. The number of nitrogens with two attached hydrogens (primary N) is 1. The van der Waals surface area contributed by atoms with E-state index in [9.17, 15) is 0 Å². The van der Waals surface area contributed by atoms with E-state index in [-0.39, 0.29) is 5.54 Å². The van der Waals surface area contributed by atoms with Crippen molar-refractivity contribution in [3.8, 4) is 0 Å². The van der Waals surface area contributed by atoms with Gasteiger partial charge in [-0.25, -0.2) is 0 Å². The quantitative estimate of drug-likeness (QED) is 0.809. The Morgan fingerprint density at radius 1 is 1.47 bits per heavy atom. The molecule has 1 aliphatic rings. The SMILES string of the molecule is Cc1noc(COCC2(N)CCCC2)n1. The summed E-state index contributed by atoms with van der Waals surface area (Å²) in [6, 6.07) is 0. The van der Waals surface area contributed by atoms with Gasteiger partial charge in [-0.2, -0.15) is 4.98 Å². The fourth-order valence-electron chi connectivity index (χ4n) is 1.96. The normalized spacial score (nSPS) is 19.6. The van der Waals surface area contributed by atoms with E-state index < -0.39 is 0 Å². The van der Waals surface area contributed by atoms with Crippen molar-refractivity contribution in [2.45, 2.75) is 44.8 Å². The Hall–Kier alpha value is -0.940. The van der Waals surface area contributed by atoms with E-state index in [1.807, 2.05) is 0 Å². The average Bonchev–Trinajstić information content (AvgIpc) is 2.76. The molecule has 84 valence electrons. The molecule has 1 aromatic rings. The predicted molar refractivity (Wildman–Crippen MR) is 54.1 cm³/mol. The highest BCUT2D eigenvalue weighted by Crippen LogP contribution is 2.27. The molecule has 0 radical (unpaired) electrons. The molecule has 5 heteroatoms. The molecule has 5 nitrogen and oxygen atoms in total. The molecule has 0 saturated heterocycles. The lowest BCUT2D eigenvalue weighted by Gasteiger charge is -2.22. The molecule has 0 atom stereocenters. The summed E-state index contributed by atoms with van der Waals surface area (Å²) in [5, 5.41) is 3.69. The second kappa shape index (κ2) is 4.28. The lowest BCUT2D eigenvalue weighted by atomic mass is 10.0. The Balaban J connectivity index is 1.75. The van der Waals surface area contributed by atoms with Gasteiger partial charge in [0.25, 0.3) is 5.89 Å². The number of ether oxygens (including phenoxy) is 1. The van der Waals surface area contributed by atoms with Crippen LogP contribution in [0.15, 0.2) is 4.52 Å². The molecule has 0 aromatic carbocycles. The van der Waals surface area contributed by atoms with Crippen LogP contribution in [0.2, 0.25) is 0 Å². The van der Waals surface area contributed by atoms with Crippen molar-refractivity contribution >= 4 is 0 Å². The van der Waals surface area contributed by atoms with Crippen molar-refractivity contribution in [3.05, 3.63) is 11.7 Å². The van der Waals surface area contributed by atoms with Crippen LogP contribution in [0.1, 0.15) is 37.4 Å². The first-order valence-electron chi connectivity index (χ1n) is 5.34. The third-order valence-corrected chi connectivity index (χ3v) is 2.78. The number of aromatic nitrogens is 2. The van der Waals surface area contributed by atoms with Gasteiger partial charge in [0.15, 0.2) is 5.82 Å². The molecule has 2 N–H and O–H groups in total. The summed E-state index contributed by atoms with van der Waals surface area (Å²) in [5.74, 6) is 1.16. The zero-order valence-corrected chi connectivity index (χ0v) is 9.03. The smallest absolute Gasteiger partial charge is 0.252 e. The van der Waals surface area contributed by atoms with Gasteiger partial charge in [0.05, 0.1) is 6.61 Å². The zero-order chi connectivity index (χ0) is 10.7. The van der Waals surface area contributed by atoms with Crippen molar-refractivity contribution in [1.29, 1.82) is 0 Å². The minimum absolute atomic E-state index is 0.130. The molecule has 0 unspecified atom stereocenters. The molecular formula is C10H17N3O2.